The molecular formula is C29H25ClN10O2. The lowest BCUT2D eigenvalue weighted by atomic mass is 10.2. The average Bonchev–Trinajstić information content (AvgIpc) is 3.51. The molecule has 5 N–H and O–H groups in total. The minimum absolute atomic E-state index is 0.161. The normalized spacial score (nSPS) is 11.1. The van der Waals surface area contributed by atoms with Crippen molar-refractivity contribution >= 4 is 74.4 Å². The third kappa shape index (κ3) is 4.95. The van der Waals surface area contributed by atoms with Gasteiger partial charge in [-0.05, 0) is 61.5 Å². The van der Waals surface area contributed by atoms with Gasteiger partial charge in [-0.15, -0.1) is 0 Å². The third-order valence-corrected chi connectivity index (χ3v) is 7.28. The van der Waals surface area contributed by atoms with Gasteiger partial charge in [0.15, 0.2) is 0 Å². The predicted molar refractivity (Wildman–Crippen MR) is 163 cm³/mol. The summed E-state index contributed by atoms with van der Waals surface area (Å²) in [4.78, 5) is 42.8. The van der Waals surface area contributed by atoms with Gasteiger partial charge < -0.3 is 20.9 Å². The van der Waals surface area contributed by atoms with Gasteiger partial charge in [0.2, 0.25) is 11.9 Å². The van der Waals surface area contributed by atoms with E-state index in [1.165, 1.54) is 0 Å². The zero-order valence-corrected chi connectivity index (χ0v) is 23.6. The molecule has 3 aromatic heterocycles. The topological polar surface area (TPSA) is 160 Å². The number of nitrogens with one attached hydrogen (secondary N) is 3. The van der Waals surface area contributed by atoms with E-state index in [1.54, 1.807) is 42.6 Å². The van der Waals surface area contributed by atoms with Crippen molar-refractivity contribution in [2.45, 2.75) is 6.92 Å². The van der Waals surface area contributed by atoms with E-state index in [-0.39, 0.29) is 22.1 Å². The van der Waals surface area contributed by atoms with Gasteiger partial charge in [-0.2, -0.15) is 10.1 Å². The fourth-order valence-electron chi connectivity index (χ4n) is 4.63. The van der Waals surface area contributed by atoms with Crippen molar-refractivity contribution in [2.24, 2.45) is 12.8 Å². The van der Waals surface area contributed by atoms with Crippen LogP contribution in [-0.2, 0) is 7.05 Å². The third-order valence-electron chi connectivity index (χ3n) is 6.97. The average molecular weight is 581 g/mol. The molecule has 13 heteroatoms. The molecule has 42 heavy (non-hydrogen) atoms. The second-order valence-corrected chi connectivity index (χ2v) is 10.0. The Morgan fingerprint density at radius 3 is 2.67 bits per heavy atom. The molecule has 0 radical (unpaired) electrons. The molecule has 210 valence electrons. The SMILES string of the molecule is Cc1c2ccc(N(C)c3ccnc(Nc4ccc(C(=O)Nc5nc6c(C(N)=O)cccc6[nH]5)c(Cl)c4)n3)cc2nn1C. The number of hydrogen-bond donors (Lipinski definition) is 4. The van der Waals surface area contributed by atoms with Crippen molar-refractivity contribution < 1.29 is 9.59 Å². The number of halogens is 1. The Bertz CT molecular complexity index is 2020. The van der Waals surface area contributed by atoms with Gasteiger partial charge in [-0.1, -0.05) is 17.7 Å². The summed E-state index contributed by atoms with van der Waals surface area (Å²) in [5.41, 5.74) is 10.4. The van der Waals surface area contributed by atoms with E-state index in [0.717, 1.165) is 22.3 Å². The van der Waals surface area contributed by atoms with Crippen LogP contribution >= 0.6 is 11.6 Å². The van der Waals surface area contributed by atoms with Crippen LogP contribution in [0.3, 0.4) is 0 Å². The molecule has 3 heterocycles. The minimum Gasteiger partial charge on any atom is -0.366 e. The minimum atomic E-state index is -0.613. The van der Waals surface area contributed by atoms with Gasteiger partial charge in [-0.25, -0.2) is 9.97 Å². The Labute approximate surface area is 244 Å². The fraction of sp³-hybridized carbons (Fsp3) is 0.103. The van der Waals surface area contributed by atoms with Crippen LogP contribution < -0.4 is 21.3 Å². The monoisotopic (exact) mass is 580 g/mol. The van der Waals surface area contributed by atoms with Crippen molar-refractivity contribution in [3.63, 3.8) is 0 Å². The Hall–Kier alpha value is -5.49. The summed E-state index contributed by atoms with van der Waals surface area (Å²) >= 11 is 6.48. The number of para-hydroxylation sites is 1. The first-order chi connectivity index (χ1) is 20.2. The van der Waals surface area contributed by atoms with Crippen LogP contribution in [0.25, 0.3) is 21.9 Å². The van der Waals surface area contributed by atoms with Crippen molar-refractivity contribution in [3.8, 4) is 0 Å². The Morgan fingerprint density at radius 1 is 1.05 bits per heavy atom. The van der Waals surface area contributed by atoms with E-state index in [0.29, 0.717) is 28.5 Å². The number of fused-ring (bicyclic) bond motifs is 2. The van der Waals surface area contributed by atoms with Gasteiger partial charge >= 0.3 is 0 Å². The molecule has 6 aromatic rings. The summed E-state index contributed by atoms with van der Waals surface area (Å²) in [6, 6.07) is 17.8. The van der Waals surface area contributed by atoms with Gasteiger partial charge in [0.25, 0.3) is 11.8 Å². The first-order valence-electron chi connectivity index (χ1n) is 12.8. The maximum absolute atomic E-state index is 13.0. The number of rotatable bonds is 7. The second-order valence-electron chi connectivity index (χ2n) is 9.63. The molecular weight excluding hydrogens is 556 g/mol. The van der Waals surface area contributed by atoms with Crippen LogP contribution in [0.1, 0.15) is 26.4 Å². The van der Waals surface area contributed by atoms with Crippen LogP contribution in [-0.4, -0.2) is 48.6 Å². The molecule has 0 fully saturated rings. The number of carbonyl (C=O) groups excluding carboxylic acids is 2. The van der Waals surface area contributed by atoms with Gasteiger partial charge in [0.05, 0.1) is 27.2 Å². The molecule has 0 saturated carbocycles. The quantitative estimate of drug-likeness (QED) is 0.204. The summed E-state index contributed by atoms with van der Waals surface area (Å²) in [6.45, 7) is 2.04. The highest BCUT2D eigenvalue weighted by Crippen LogP contribution is 2.29. The lowest BCUT2D eigenvalue weighted by Gasteiger charge is -2.19. The van der Waals surface area contributed by atoms with Crippen molar-refractivity contribution in [2.75, 3.05) is 22.6 Å². The number of anilines is 5. The molecule has 2 amide bonds. The van der Waals surface area contributed by atoms with Crippen molar-refractivity contribution in [1.29, 1.82) is 0 Å². The van der Waals surface area contributed by atoms with Crippen molar-refractivity contribution in [3.05, 3.63) is 88.7 Å². The number of carbonyl (C=O) groups is 2. The highest BCUT2D eigenvalue weighted by molar-refractivity contribution is 6.34. The first kappa shape index (κ1) is 26.7. The Balaban J connectivity index is 1.18. The van der Waals surface area contributed by atoms with Crippen molar-refractivity contribution in [1.82, 2.24) is 29.7 Å². The Kier molecular flexibility index (Phi) is 6.67. The van der Waals surface area contributed by atoms with Crippen LogP contribution in [0.2, 0.25) is 5.02 Å². The zero-order chi connectivity index (χ0) is 29.5. The van der Waals surface area contributed by atoms with E-state index < -0.39 is 11.8 Å². The lowest BCUT2D eigenvalue weighted by Crippen LogP contribution is -2.14. The largest absolute Gasteiger partial charge is 0.366 e. The number of nitrogens with two attached hydrogens (primary N) is 1. The molecule has 0 unspecified atom stereocenters. The summed E-state index contributed by atoms with van der Waals surface area (Å²) < 4.78 is 1.86. The fourth-order valence-corrected chi connectivity index (χ4v) is 4.89. The molecule has 12 nitrogen and oxygen atoms in total. The number of benzene rings is 3. The summed E-state index contributed by atoms with van der Waals surface area (Å²) in [5.74, 6) is 0.0972. The maximum atomic E-state index is 13.0. The molecule has 0 aliphatic rings. The van der Waals surface area contributed by atoms with Crippen LogP contribution in [0.15, 0.2) is 66.9 Å². The summed E-state index contributed by atoms with van der Waals surface area (Å²) in [6.07, 6.45) is 1.66. The predicted octanol–water partition coefficient (Wildman–Crippen LogP) is 5.06. The van der Waals surface area contributed by atoms with E-state index in [2.05, 4.69) is 41.7 Å². The molecule has 3 aromatic carbocycles. The molecule has 0 atom stereocenters. The number of hydrogen-bond acceptors (Lipinski definition) is 8. The zero-order valence-electron chi connectivity index (χ0n) is 22.8. The van der Waals surface area contributed by atoms with E-state index in [9.17, 15) is 9.59 Å². The molecule has 0 aliphatic carbocycles. The lowest BCUT2D eigenvalue weighted by molar-refractivity contribution is 0.0999. The number of nitrogens with zero attached hydrogens (tertiary/aromatic N) is 6. The number of primary amides is 1. The number of H-pyrrole nitrogens is 1. The number of aryl methyl sites for hydroxylation is 2. The number of aromatic amines is 1. The molecule has 0 bridgehead atoms. The summed E-state index contributed by atoms with van der Waals surface area (Å²) in [7, 11) is 3.85. The number of amides is 2. The van der Waals surface area contributed by atoms with E-state index in [4.69, 9.17) is 17.3 Å². The number of aromatic nitrogens is 6. The second kappa shape index (κ2) is 10.5. The molecule has 0 spiro atoms. The van der Waals surface area contributed by atoms with E-state index in [1.807, 2.05) is 48.8 Å². The standard InChI is InChI=1S/C29H25ClN10O2/c1-15-18-10-8-17(14-23(18)38-40(15)3)39(2)24-11-12-32-28(35-24)33-16-7-9-19(21(30)13-16)27(42)37-29-34-22-6-4-5-20(26(31)41)25(22)36-29/h4-14H,1-3H3,(H2,31,41)(H,32,33,35)(H2,34,36,37,42). The highest BCUT2D eigenvalue weighted by atomic mass is 35.5. The summed E-state index contributed by atoms with van der Waals surface area (Å²) in [5, 5.41) is 11.7. The maximum Gasteiger partial charge on any atom is 0.259 e. The van der Waals surface area contributed by atoms with Crippen LogP contribution in [0, 0.1) is 6.92 Å². The molecule has 6 rings (SSSR count). The molecule has 0 saturated heterocycles. The number of imidazole rings is 1. The smallest absolute Gasteiger partial charge is 0.259 e. The Morgan fingerprint density at radius 2 is 1.88 bits per heavy atom. The van der Waals surface area contributed by atoms with Crippen LogP contribution in [0.5, 0.6) is 0 Å². The van der Waals surface area contributed by atoms with E-state index >= 15 is 0 Å². The van der Waals surface area contributed by atoms with Gasteiger partial charge in [0, 0.05) is 42.7 Å². The van der Waals surface area contributed by atoms with Gasteiger partial charge in [0.1, 0.15) is 11.3 Å². The first-order valence-corrected chi connectivity index (χ1v) is 13.2. The van der Waals surface area contributed by atoms with Gasteiger partial charge in [-0.3, -0.25) is 19.6 Å². The van der Waals surface area contributed by atoms with Crippen LogP contribution in [0.4, 0.5) is 29.1 Å². The highest BCUT2D eigenvalue weighted by Gasteiger charge is 2.16. The molecule has 0 aliphatic heterocycles.